The lowest BCUT2D eigenvalue weighted by atomic mass is 9.72. The summed E-state index contributed by atoms with van der Waals surface area (Å²) in [4.78, 5) is 23.8. The fourth-order valence-corrected chi connectivity index (χ4v) is 6.94. The van der Waals surface area contributed by atoms with Crippen LogP contribution in [0.4, 0.5) is 0 Å². The molecule has 5 nitrogen and oxygen atoms in total. The molecule has 1 aliphatic rings. The van der Waals surface area contributed by atoms with Gasteiger partial charge in [-0.05, 0) is 115 Å². The van der Waals surface area contributed by atoms with Gasteiger partial charge in [-0.2, -0.15) is 0 Å². The Bertz CT molecular complexity index is 1420. The molecule has 248 valence electrons. The Morgan fingerprint density at radius 1 is 0.870 bits per heavy atom. The molecule has 0 saturated heterocycles. The van der Waals surface area contributed by atoms with Crippen molar-refractivity contribution in [3.05, 3.63) is 100 Å². The van der Waals surface area contributed by atoms with Gasteiger partial charge in [-0.3, -0.25) is 4.79 Å². The second-order valence-electron chi connectivity index (χ2n) is 14.0. The Labute approximate surface area is 277 Å². The monoisotopic (exact) mass is 626 g/mol. The van der Waals surface area contributed by atoms with E-state index in [2.05, 4.69) is 88.4 Å². The lowest BCUT2D eigenvalue weighted by Gasteiger charge is -2.33. The van der Waals surface area contributed by atoms with E-state index in [0.29, 0.717) is 23.8 Å². The highest BCUT2D eigenvalue weighted by atomic mass is 16.5. The summed E-state index contributed by atoms with van der Waals surface area (Å²) in [5.74, 6) is 1.53. The minimum Gasteiger partial charge on any atom is -0.486 e. The highest BCUT2D eigenvalue weighted by Gasteiger charge is 2.29. The molecular weight excluding hydrogens is 572 g/mol. The molecule has 1 unspecified atom stereocenters. The van der Waals surface area contributed by atoms with Gasteiger partial charge in [-0.25, -0.2) is 4.79 Å². The van der Waals surface area contributed by atoms with Gasteiger partial charge >= 0.3 is 11.9 Å². The lowest BCUT2D eigenvalue weighted by molar-refractivity contribution is -0.140. The quantitative estimate of drug-likeness (QED) is 0.124. The fourth-order valence-electron chi connectivity index (χ4n) is 6.94. The Kier molecular flexibility index (Phi) is 12.9. The average Bonchev–Trinajstić information content (AvgIpc) is 3.06. The van der Waals surface area contributed by atoms with E-state index in [0.717, 1.165) is 70.0 Å². The number of rotatable bonds is 15. The number of ether oxygens (including phenoxy) is 3. The summed E-state index contributed by atoms with van der Waals surface area (Å²) >= 11 is 0. The van der Waals surface area contributed by atoms with Crippen molar-refractivity contribution in [3.8, 4) is 5.75 Å². The van der Waals surface area contributed by atoms with Crippen molar-refractivity contribution in [1.29, 1.82) is 0 Å². The maximum Gasteiger partial charge on any atom is 0.337 e. The maximum atomic E-state index is 12.3. The summed E-state index contributed by atoms with van der Waals surface area (Å²) in [7, 11) is 2.90. The van der Waals surface area contributed by atoms with Gasteiger partial charge in [0, 0.05) is 6.42 Å². The van der Waals surface area contributed by atoms with Crippen molar-refractivity contribution < 1.29 is 23.8 Å². The molecule has 0 fully saturated rings. The van der Waals surface area contributed by atoms with Gasteiger partial charge in [0.15, 0.2) is 0 Å². The molecule has 0 amide bonds. The first kappa shape index (κ1) is 35.3. The maximum absolute atomic E-state index is 12.3. The predicted molar refractivity (Wildman–Crippen MR) is 186 cm³/mol. The minimum atomic E-state index is -0.274. The van der Waals surface area contributed by atoms with Crippen LogP contribution in [0.1, 0.15) is 136 Å². The molecule has 0 aromatic heterocycles. The average molecular weight is 627 g/mol. The standard InChI is InChI=1S/C41H54O5/c1-29(30-22-25-35(26-23-30)41(2,3)4)46-38-18-12-11-15-32(38)21-20-31(14-9-7-8-10-19-39(42)44-5)36-17-13-16-33-28-34(40(43)45-6)24-27-37(33)36/h11-12,15,18,22-29,31,36H,7-10,13-14,16-17,19-21H2,1-6H3/t29-,31+,36?/m1/s1. The highest BCUT2D eigenvalue weighted by Crippen LogP contribution is 2.42. The number of benzene rings is 3. The van der Waals surface area contributed by atoms with Crippen LogP contribution in [-0.4, -0.2) is 26.2 Å². The molecule has 3 atom stereocenters. The van der Waals surface area contributed by atoms with Crippen molar-refractivity contribution in [2.45, 2.75) is 116 Å². The first-order valence-corrected chi connectivity index (χ1v) is 17.2. The van der Waals surface area contributed by atoms with E-state index in [4.69, 9.17) is 14.2 Å². The number of hydrogen-bond donors (Lipinski definition) is 0. The summed E-state index contributed by atoms with van der Waals surface area (Å²) in [6, 6.07) is 23.5. The Morgan fingerprint density at radius 2 is 1.61 bits per heavy atom. The van der Waals surface area contributed by atoms with Crippen molar-refractivity contribution in [2.24, 2.45) is 5.92 Å². The van der Waals surface area contributed by atoms with E-state index in [9.17, 15) is 9.59 Å². The molecule has 0 spiro atoms. The van der Waals surface area contributed by atoms with Crippen LogP contribution in [-0.2, 0) is 32.5 Å². The highest BCUT2D eigenvalue weighted by molar-refractivity contribution is 5.89. The summed E-state index contributed by atoms with van der Waals surface area (Å²) in [6.07, 6.45) is 11.1. The number of esters is 2. The third-order valence-electron chi connectivity index (χ3n) is 9.73. The van der Waals surface area contributed by atoms with Crippen LogP contribution in [0.3, 0.4) is 0 Å². The van der Waals surface area contributed by atoms with Gasteiger partial charge in [-0.15, -0.1) is 0 Å². The molecule has 46 heavy (non-hydrogen) atoms. The van der Waals surface area contributed by atoms with Crippen LogP contribution in [0.5, 0.6) is 5.75 Å². The van der Waals surface area contributed by atoms with E-state index in [1.807, 2.05) is 6.07 Å². The molecule has 0 saturated carbocycles. The first-order chi connectivity index (χ1) is 22.1. The molecule has 1 aliphatic carbocycles. The van der Waals surface area contributed by atoms with Gasteiger partial charge < -0.3 is 14.2 Å². The molecule has 0 bridgehead atoms. The van der Waals surface area contributed by atoms with Gasteiger partial charge in [0.25, 0.3) is 0 Å². The van der Waals surface area contributed by atoms with Gasteiger partial charge in [0.05, 0.1) is 19.8 Å². The van der Waals surface area contributed by atoms with Crippen LogP contribution in [0.25, 0.3) is 0 Å². The van der Waals surface area contributed by atoms with E-state index >= 15 is 0 Å². The van der Waals surface area contributed by atoms with E-state index < -0.39 is 0 Å². The van der Waals surface area contributed by atoms with Crippen LogP contribution >= 0.6 is 0 Å². The van der Waals surface area contributed by atoms with Crippen LogP contribution in [0, 0.1) is 5.92 Å². The molecule has 4 rings (SSSR count). The van der Waals surface area contributed by atoms with Crippen LogP contribution < -0.4 is 4.74 Å². The lowest BCUT2D eigenvalue weighted by Crippen LogP contribution is -2.20. The van der Waals surface area contributed by atoms with Gasteiger partial charge in [0.2, 0.25) is 0 Å². The zero-order valence-electron chi connectivity index (χ0n) is 28.9. The van der Waals surface area contributed by atoms with E-state index in [1.54, 1.807) is 0 Å². The SMILES string of the molecule is COC(=O)CCCCCC[C@@H](CCc1ccccc1O[C@H](C)c1ccc(C(C)(C)C)cc1)C1CCCc2cc(C(=O)OC)ccc21. The molecule has 0 heterocycles. The van der Waals surface area contributed by atoms with Crippen molar-refractivity contribution >= 4 is 11.9 Å². The summed E-state index contributed by atoms with van der Waals surface area (Å²) in [6.45, 7) is 8.85. The Morgan fingerprint density at radius 3 is 2.33 bits per heavy atom. The predicted octanol–water partition coefficient (Wildman–Crippen LogP) is 10.1. The molecule has 0 aliphatic heterocycles. The first-order valence-electron chi connectivity index (χ1n) is 17.2. The Balaban J connectivity index is 1.48. The largest absolute Gasteiger partial charge is 0.486 e. The molecule has 0 radical (unpaired) electrons. The third kappa shape index (κ3) is 9.70. The van der Waals surface area contributed by atoms with E-state index in [1.165, 1.54) is 42.0 Å². The van der Waals surface area contributed by atoms with Crippen molar-refractivity contribution in [2.75, 3.05) is 14.2 Å². The second-order valence-corrected chi connectivity index (χ2v) is 14.0. The number of carbonyl (C=O) groups is 2. The minimum absolute atomic E-state index is 0.0508. The number of carbonyl (C=O) groups excluding carboxylic acids is 2. The summed E-state index contributed by atoms with van der Waals surface area (Å²) in [5.41, 5.74) is 7.20. The smallest absolute Gasteiger partial charge is 0.337 e. The zero-order valence-corrected chi connectivity index (χ0v) is 28.9. The van der Waals surface area contributed by atoms with Crippen molar-refractivity contribution in [3.63, 3.8) is 0 Å². The zero-order chi connectivity index (χ0) is 33.1. The molecule has 3 aromatic carbocycles. The van der Waals surface area contributed by atoms with Crippen LogP contribution in [0.2, 0.25) is 0 Å². The summed E-state index contributed by atoms with van der Waals surface area (Å²) in [5, 5.41) is 0. The number of fused-ring (bicyclic) bond motifs is 1. The van der Waals surface area contributed by atoms with Gasteiger partial charge in [-0.1, -0.05) is 88.6 Å². The van der Waals surface area contributed by atoms with Crippen molar-refractivity contribution in [1.82, 2.24) is 0 Å². The number of para-hydroxylation sites is 1. The number of aryl methyl sites for hydroxylation is 2. The molecule has 5 heteroatoms. The number of methoxy groups -OCH3 is 2. The van der Waals surface area contributed by atoms with E-state index in [-0.39, 0.29) is 23.5 Å². The molecular formula is C41H54O5. The Hall–Kier alpha value is -3.60. The summed E-state index contributed by atoms with van der Waals surface area (Å²) < 4.78 is 16.4. The second kappa shape index (κ2) is 16.8. The molecule has 0 N–H and O–H groups in total. The fraction of sp³-hybridized carbons (Fsp3) is 0.512. The normalized spacial score (nSPS) is 15.8. The number of hydrogen-bond acceptors (Lipinski definition) is 5. The molecule has 3 aromatic rings. The van der Waals surface area contributed by atoms with Crippen LogP contribution in [0.15, 0.2) is 66.7 Å². The number of unbranched alkanes of at least 4 members (excludes halogenated alkanes) is 3. The topological polar surface area (TPSA) is 61.8 Å². The third-order valence-corrected chi connectivity index (χ3v) is 9.73. The van der Waals surface area contributed by atoms with Gasteiger partial charge in [0.1, 0.15) is 11.9 Å².